The maximum Gasteiger partial charge on any atom is 0.208 e. The molecule has 1 saturated heterocycles. The van der Waals surface area contributed by atoms with Crippen molar-refractivity contribution in [3.63, 3.8) is 0 Å². The molecule has 0 amide bonds. The molecule has 7 heteroatoms. The Balaban J connectivity index is 1.91. The van der Waals surface area contributed by atoms with Gasteiger partial charge in [-0.3, -0.25) is 4.90 Å². The number of rotatable bonds is 7. The van der Waals surface area contributed by atoms with E-state index in [0.717, 1.165) is 39.4 Å². The highest BCUT2D eigenvalue weighted by Crippen LogP contribution is 1.94. The summed E-state index contributed by atoms with van der Waals surface area (Å²) < 4.78 is 29.2. The summed E-state index contributed by atoms with van der Waals surface area (Å²) in [5.41, 5.74) is 0. The van der Waals surface area contributed by atoms with Crippen molar-refractivity contribution >= 4 is 10.0 Å². The van der Waals surface area contributed by atoms with Crippen LogP contribution in [0.4, 0.5) is 0 Å². The highest BCUT2D eigenvalue weighted by molar-refractivity contribution is 7.88. The fraction of sp³-hybridized carbons (Fsp3) is 1.00. The predicted molar refractivity (Wildman–Crippen MR) is 63.0 cm³/mol. The lowest BCUT2D eigenvalue weighted by Crippen LogP contribution is -2.41. The van der Waals surface area contributed by atoms with Gasteiger partial charge in [-0.05, 0) is 0 Å². The Kier molecular flexibility index (Phi) is 6.22. The molecule has 1 aliphatic rings. The third-order valence-electron chi connectivity index (χ3n) is 2.37. The lowest BCUT2D eigenvalue weighted by atomic mass is 10.4. The molecule has 0 aromatic rings. The third-order valence-corrected chi connectivity index (χ3v) is 3.10. The molecular formula is C9H21N3O3S. The smallest absolute Gasteiger partial charge is 0.208 e. The van der Waals surface area contributed by atoms with Gasteiger partial charge in [-0.25, -0.2) is 13.1 Å². The summed E-state index contributed by atoms with van der Waals surface area (Å²) in [6.45, 7) is 6.59. The minimum absolute atomic E-state index is 0.446. The molecule has 0 saturated carbocycles. The molecular weight excluding hydrogens is 230 g/mol. The zero-order valence-corrected chi connectivity index (χ0v) is 10.6. The second-order valence-corrected chi connectivity index (χ2v) is 5.70. The molecule has 0 aromatic heterocycles. The van der Waals surface area contributed by atoms with Crippen LogP contribution in [0.2, 0.25) is 0 Å². The van der Waals surface area contributed by atoms with Gasteiger partial charge in [0.05, 0.1) is 19.5 Å². The van der Waals surface area contributed by atoms with Gasteiger partial charge in [-0.1, -0.05) is 0 Å². The number of hydrogen-bond acceptors (Lipinski definition) is 5. The van der Waals surface area contributed by atoms with Crippen LogP contribution in [0.15, 0.2) is 0 Å². The van der Waals surface area contributed by atoms with Crippen LogP contribution in [-0.4, -0.2) is 72.1 Å². The van der Waals surface area contributed by atoms with Crippen LogP contribution in [0.1, 0.15) is 0 Å². The Morgan fingerprint density at radius 2 is 1.88 bits per heavy atom. The summed E-state index contributed by atoms with van der Waals surface area (Å²) >= 11 is 0. The normalized spacial score (nSPS) is 18.8. The first-order valence-electron chi connectivity index (χ1n) is 5.53. The van der Waals surface area contributed by atoms with E-state index in [9.17, 15) is 8.42 Å². The molecule has 0 unspecified atom stereocenters. The first kappa shape index (κ1) is 13.9. The molecule has 1 rings (SSSR count). The monoisotopic (exact) mass is 251 g/mol. The van der Waals surface area contributed by atoms with Gasteiger partial charge < -0.3 is 10.1 Å². The van der Waals surface area contributed by atoms with Crippen molar-refractivity contribution < 1.29 is 13.2 Å². The van der Waals surface area contributed by atoms with E-state index in [1.54, 1.807) is 0 Å². The summed E-state index contributed by atoms with van der Waals surface area (Å²) in [6, 6.07) is 0. The Morgan fingerprint density at radius 3 is 2.50 bits per heavy atom. The number of morpholine rings is 1. The molecule has 1 aliphatic heterocycles. The Hall–Kier alpha value is -0.210. The zero-order chi connectivity index (χ0) is 11.9. The molecule has 0 aromatic carbocycles. The highest BCUT2D eigenvalue weighted by Gasteiger charge is 2.08. The molecule has 0 spiro atoms. The molecule has 0 radical (unpaired) electrons. The van der Waals surface area contributed by atoms with Crippen LogP contribution in [0.25, 0.3) is 0 Å². The Bertz CT molecular complexity index is 276. The van der Waals surface area contributed by atoms with Crippen LogP contribution in [0.3, 0.4) is 0 Å². The van der Waals surface area contributed by atoms with Gasteiger partial charge in [0.15, 0.2) is 0 Å². The largest absolute Gasteiger partial charge is 0.379 e. The fourth-order valence-electron chi connectivity index (χ4n) is 1.51. The number of ether oxygens (including phenoxy) is 1. The minimum Gasteiger partial charge on any atom is -0.379 e. The lowest BCUT2D eigenvalue weighted by molar-refractivity contribution is 0.0385. The molecule has 1 fully saturated rings. The van der Waals surface area contributed by atoms with E-state index in [2.05, 4.69) is 14.9 Å². The quantitative estimate of drug-likeness (QED) is 0.537. The molecule has 16 heavy (non-hydrogen) atoms. The van der Waals surface area contributed by atoms with Crippen molar-refractivity contribution in [1.29, 1.82) is 0 Å². The zero-order valence-electron chi connectivity index (χ0n) is 9.74. The van der Waals surface area contributed by atoms with E-state index in [1.807, 2.05) is 0 Å². The van der Waals surface area contributed by atoms with E-state index >= 15 is 0 Å². The van der Waals surface area contributed by atoms with E-state index in [-0.39, 0.29) is 0 Å². The Labute approximate surface area is 97.4 Å². The van der Waals surface area contributed by atoms with Crippen molar-refractivity contribution in [2.45, 2.75) is 0 Å². The third kappa shape index (κ3) is 7.13. The van der Waals surface area contributed by atoms with Gasteiger partial charge in [0.2, 0.25) is 10.0 Å². The van der Waals surface area contributed by atoms with E-state index in [4.69, 9.17) is 4.74 Å². The van der Waals surface area contributed by atoms with Crippen LogP contribution in [-0.2, 0) is 14.8 Å². The first-order valence-corrected chi connectivity index (χ1v) is 7.42. The number of sulfonamides is 1. The minimum atomic E-state index is -3.05. The molecule has 6 nitrogen and oxygen atoms in total. The summed E-state index contributed by atoms with van der Waals surface area (Å²) in [5.74, 6) is 0. The average Bonchev–Trinajstić information content (AvgIpc) is 2.23. The molecule has 0 atom stereocenters. The van der Waals surface area contributed by atoms with Crippen LogP contribution < -0.4 is 10.0 Å². The average molecular weight is 251 g/mol. The second kappa shape index (κ2) is 7.18. The van der Waals surface area contributed by atoms with E-state index in [1.165, 1.54) is 6.26 Å². The van der Waals surface area contributed by atoms with Crippen molar-refractivity contribution in [3.8, 4) is 0 Å². The summed E-state index contributed by atoms with van der Waals surface area (Å²) in [6.07, 6.45) is 1.17. The van der Waals surface area contributed by atoms with Gasteiger partial charge in [0.1, 0.15) is 0 Å². The van der Waals surface area contributed by atoms with Crippen LogP contribution in [0, 0.1) is 0 Å². The Morgan fingerprint density at radius 1 is 1.19 bits per heavy atom. The van der Waals surface area contributed by atoms with Crippen molar-refractivity contribution in [2.24, 2.45) is 0 Å². The first-order chi connectivity index (χ1) is 7.58. The highest BCUT2D eigenvalue weighted by atomic mass is 32.2. The molecule has 0 bridgehead atoms. The van der Waals surface area contributed by atoms with Gasteiger partial charge in [0.25, 0.3) is 0 Å². The van der Waals surface area contributed by atoms with Gasteiger partial charge >= 0.3 is 0 Å². The van der Waals surface area contributed by atoms with Crippen LogP contribution >= 0.6 is 0 Å². The van der Waals surface area contributed by atoms with Gasteiger partial charge in [0, 0.05) is 39.3 Å². The summed E-state index contributed by atoms with van der Waals surface area (Å²) in [7, 11) is -3.05. The molecule has 1 heterocycles. The molecule has 96 valence electrons. The number of hydrogen-bond donors (Lipinski definition) is 2. The van der Waals surface area contributed by atoms with Crippen molar-refractivity contribution in [3.05, 3.63) is 0 Å². The van der Waals surface area contributed by atoms with Gasteiger partial charge in [-0.15, -0.1) is 0 Å². The molecule has 2 N–H and O–H groups in total. The second-order valence-electron chi connectivity index (χ2n) is 3.87. The molecule has 0 aliphatic carbocycles. The van der Waals surface area contributed by atoms with Crippen molar-refractivity contribution in [1.82, 2.24) is 14.9 Å². The maximum atomic E-state index is 10.8. The fourth-order valence-corrected chi connectivity index (χ4v) is 1.98. The van der Waals surface area contributed by atoms with Crippen LogP contribution in [0.5, 0.6) is 0 Å². The lowest BCUT2D eigenvalue weighted by Gasteiger charge is -2.26. The summed E-state index contributed by atoms with van der Waals surface area (Å²) in [5, 5.41) is 3.20. The maximum absolute atomic E-state index is 10.8. The predicted octanol–water partition coefficient (Wildman–Crippen LogP) is -1.54. The van der Waals surface area contributed by atoms with E-state index < -0.39 is 10.0 Å². The number of nitrogens with zero attached hydrogens (tertiary/aromatic N) is 1. The SMILES string of the molecule is CS(=O)(=O)NCCNCCN1CCOCC1. The summed E-state index contributed by atoms with van der Waals surface area (Å²) in [4.78, 5) is 2.33. The topological polar surface area (TPSA) is 70.7 Å². The van der Waals surface area contributed by atoms with Crippen molar-refractivity contribution in [2.75, 3.05) is 58.7 Å². The number of nitrogens with one attached hydrogen (secondary N) is 2. The van der Waals surface area contributed by atoms with E-state index in [0.29, 0.717) is 13.1 Å². The standard InChI is InChI=1S/C9H21N3O3S/c1-16(13,14)11-3-2-10-4-5-12-6-8-15-9-7-12/h10-11H,2-9H2,1H3. The van der Waals surface area contributed by atoms with Gasteiger partial charge in [-0.2, -0.15) is 0 Å².